The van der Waals surface area contributed by atoms with Crippen molar-refractivity contribution >= 4 is 0 Å². The first kappa shape index (κ1) is 7.08. The zero-order valence-electron chi connectivity index (χ0n) is 5.74. The normalized spacial score (nSPS) is 31.9. The van der Waals surface area contributed by atoms with Crippen molar-refractivity contribution in [3.8, 4) is 18.4 Å². The molecule has 1 aliphatic heterocycles. The van der Waals surface area contributed by atoms with Crippen molar-refractivity contribution in [2.45, 2.75) is 19.1 Å². The Balaban J connectivity index is 2.20. The van der Waals surface area contributed by atoms with Gasteiger partial charge < -0.3 is 0 Å². The molecule has 0 radical (unpaired) electrons. The Morgan fingerprint density at radius 1 is 1.90 bits per heavy atom. The van der Waals surface area contributed by atoms with Gasteiger partial charge in [-0.1, -0.05) is 5.92 Å². The Morgan fingerprint density at radius 3 is 3.00 bits per heavy atom. The summed E-state index contributed by atoms with van der Waals surface area (Å²) in [5, 5.41) is 9.91. The second-order valence-electron chi connectivity index (χ2n) is 2.16. The first-order chi connectivity index (χ1) is 4.77. The molecule has 0 aliphatic carbocycles. The van der Waals surface area contributed by atoms with Crippen molar-refractivity contribution in [1.29, 1.82) is 5.26 Å². The van der Waals surface area contributed by atoms with Gasteiger partial charge in [0, 0.05) is 0 Å². The van der Waals surface area contributed by atoms with Crippen LogP contribution in [0.1, 0.15) is 6.92 Å². The molecule has 1 saturated heterocycles. The third-order valence-corrected chi connectivity index (χ3v) is 1.24. The molecule has 3 heteroatoms. The fraction of sp³-hybridized carbons (Fsp3) is 0.571. The predicted octanol–water partition coefficient (Wildman–Crippen LogP) is 0.147. The minimum Gasteiger partial charge on any atom is -0.282 e. The van der Waals surface area contributed by atoms with Crippen LogP contribution in [0, 0.1) is 23.7 Å². The molecular formula is C7H8N2O. The summed E-state index contributed by atoms with van der Waals surface area (Å²) in [5.74, 6) is 2.41. The van der Waals surface area contributed by atoms with Crippen LogP contribution in [0.3, 0.4) is 0 Å². The van der Waals surface area contributed by atoms with Gasteiger partial charge in [0.25, 0.3) is 0 Å². The monoisotopic (exact) mass is 136 g/mol. The molecule has 3 nitrogen and oxygen atoms in total. The van der Waals surface area contributed by atoms with Crippen molar-refractivity contribution in [2.75, 3.05) is 6.54 Å². The van der Waals surface area contributed by atoms with E-state index in [9.17, 15) is 0 Å². The number of rotatable bonds is 2. The molecule has 1 fully saturated rings. The zero-order chi connectivity index (χ0) is 7.56. The first-order valence-electron chi connectivity index (χ1n) is 3.07. The van der Waals surface area contributed by atoms with Crippen LogP contribution in [0.5, 0.6) is 0 Å². The Kier molecular flexibility index (Phi) is 1.91. The number of nitrogens with zero attached hydrogens (tertiary/aromatic N) is 2. The Labute approximate surface area is 60.1 Å². The topological polar surface area (TPSA) is 36.0 Å². The van der Waals surface area contributed by atoms with E-state index in [2.05, 4.69) is 12.0 Å². The molecule has 0 aromatic rings. The third-order valence-electron chi connectivity index (χ3n) is 1.24. The van der Waals surface area contributed by atoms with Gasteiger partial charge in [-0.3, -0.25) is 4.84 Å². The van der Waals surface area contributed by atoms with Crippen LogP contribution >= 0.6 is 0 Å². The van der Waals surface area contributed by atoms with E-state index in [4.69, 9.17) is 16.5 Å². The van der Waals surface area contributed by atoms with E-state index < -0.39 is 0 Å². The van der Waals surface area contributed by atoms with Crippen LogP contribution in [0.15, 0.2) is 0 Å². The summed E-state index contributed by atoms with van der Waals surface area (Å²) < 4.78 is 0. The quantitative estimate of drug-likeness (QED) is 0.400. The van der Waals surface area contributed by atoms with Gasteiger partial charge in [-0.2, -0.15) is 10.3 Å². The number of hydrogen-bond donors (Lipinski definition) is 0. The van der Waals surface area contributed by atoms with Crippen LogP contribution in [0.25, 0.3) is 0 Å². The van der Waals surface area contributed by atoms with E-state index >= 15 is 0 Å². The molecule has 1 heterocycles. The van der Waals surface area contributed by atoms with Gasteiger partial charge in [-0.05, 0) is 6.92 Å². The summed E-state index contributed by atoms with van der Waals surface area (Å²) in [5.41, 5.74) is 0. The van der Waals surface area contributed by atoms with Crippen LogP contribution < -0.4 is 0 Å². The number of terminal acetylenes is 1. The van der Waals surface area contributed by atoms with Gasteiger partial charge in [0.05, 0.1) is 12.6 Å². The molecule has 0 saturated carbocycles. The molecule has 1 aliphatic rings. The molecule has 0 spiro atoms. The lowest BCUT2D eigenvalue weighted by Crippen LogP contribution is -2.11. The standard InChI is InChI=1S/C7H8N2O/c1-3-6(2)10-9-5-7(9)4-8/h1,6-7H,5H2,2H3. The lowest BCUT2D eigenvalue weighted by molar-refractivity contribution is -0.0920. The van der Waals surface area contributed by atoms with Crippen molar-refractivity contribution in [3.05, 3.63) is 0 Å². The average molecular weight is 136 g/mol. The van der Waals surface area contributed by atoms with E-state index in [0.717, 1.165) is 0 Å². The summed E-state index contributed by atoms with van der Waals surface area (Å²) in [4.78, 5) is 5.09. The number of hydrogen-bond acceptors (Lipinski definition) is 3. The van der Waals surface area contributed by atoms with E-state index in [-0.39, 0.29) is 12.1 Å². The summed E-state index contributed by atoms with van der Waals surface area (Å²) in [6.07, 6.45) is 4.83. The Morgan fingerprint density at radius 2 is 2.60 bits per heavy atom. The zero-order valence-corrected chi connectivity index (χ0v) is 5.74. The highest BCUT2D eigenvalue weighted by Gasteiger charge is 2.36. The second kappa shape index (κ2) is 2.70. The smallest absolute Gasteiger partial charge is 0.137 e. The largest absolute Gasteiger partial charge is 0.282 e. The molecule has 0 amide bonds. The van der Waals surface area contributed by atoms with Gasteiger partial charge >= 0.3 is 0 Å². The van der Waals surface area contributed by atoms with Crippen LogP contribution in [-0.2, 0) is 4.84 Å². The van der Waals surface area contributed by atoms with Gasteiger partial charge in [0.1, 0.15) is 12.1 Å². The van der Waals surface area contributed by atoms with Crippen molar-refractivity contribution in [2.24, 2.45) is 0 Å². The minimum absolute atomic E-state index is 0.0733. The lowest BCUT2D eigenvalue weighted by Gasteiger charge is -2.04. The fourth-order valence-corrected chi connectivity index (χ4v) is 0.579. The van der Waals surface area contributed by atoms with E-state index in [1.165, 1.54) is 0 Å². The maximum absolute atomic E-state index is 8.34. The number of nitriles is 1. The van der Waals surface area contributed by atoms with E-state index in [1.54, 1.807) is 12.0 Å². The first-order valence-corrected chi connectivity index (χ1v) is 3.07. The van der Waals surface area contributed by atoms with Crippen LogP contribution in [0.4, 0.5) is 0 Å². The maximum atomic E-state index is 8.34. The van der Waals surface area contributed by atoms with Gasteiger partial charge in [0.15, 0.2) is 0 Å². The summed E-state index contributed by atoms with van der Waals surface area (Å²) in [6.45, 7) is 2.45. The van der Waals surface area contributed by atoms with Gasteiger partial charge in [0.2, 0.25) is 0 Å². The molecule has 0 N–H and O–H groups in total. The number of hydroxylamine groups is 2. The molecule has 3 atom stereocenters. The van der Waals surface area contributed by atoms with E-state index in [1.807, 2.05) is 0 Å². The molecule has 0 bridgehead atoms. The van der Waals surface area contributed by atoms with Crippen molar-refractivity contribution in [1.82, 2.24) is 5.06 Å². The summed E-state index contributed by atoms with van der Waals surface area (Å²) >= 11 is 0. The molecule has 10 heavy (non-hydrogen) atoms. The molecule has 0 aromatic carbocycles. The van der Waals surface area contributed by atoms with Crippen molar-refractivity contribution < 1.29 is 4.84 Å². The SMILES string of the molecule is C#CC(C)ON1CC1C#N. The summed E-state index contributed by atoms with van der Waals surface area (Å²) in [7, 11) is 0. The summed E-state index contributed by atoms with van der Waals surface area (Å²) in [6, 6.07) is 1.98. The third kappa shape index (κ3) is 1.48. The average Bonchev–Trinajstić information content (AvgIpc) is 2.67. The molecule has 0 aromatic heterocycles. The molecule has 3 unspecified atom stereocenters. The Bertz CT molecular complexity index is 201. The minimum atomic E-state index is -0.224. The lowest BCUT2D eigenvalue weighted by atomic mass is 10.4. The second-order valence-corrected chi connectivity index (χ2v) is 2.16. The predicted molar refractivity (Wildman–Crippen MR) is 35.5 cm³/mol. The van der Waals surface area contributed by atoms with Crippen LogP contribution in [-0.4, -0.2) is 23.8 Å². The highest BCUT2D eigenvalue weighted by Crippen LogP contribution is 2.17. The maximum Gasteiger partial charge on any atom is 0.137 e. The molecular weight excluding hydrogens is 128 g/mol. The molecule has 1 rings (SSSR count). The van der Waals surface area contributed by atoms with Gasteiger partial charge in [-0.15, -0.1) is 6.42 Å². The van der Waals surface area contributed by atoms with Gasteiger partial charge in [-0.25, -0.2) is 0 Å². The van der Waals surface area contributed by atoms with Crippen molar-refractivity contribution in [3.63, 3.8) is 0 Å². The fourth-order valence-electron chi connectivity index (χ4n) is 0.579. The molecule has 52 valence electrons. The van der Waals surface area contributed by atoms with Crippen LogP contribution in [0.2, 0.25) is 0 Å². The highest BCUT2D eigenvalue weighted by molar-refractivity contribution is 5.03. The highest BCUT2D eigenvalue weighted by atomic mass is 16.7. The Hall–Kier alpha value is -1.03. The van der Waals surface area contributed by atoms with E-state index in [0.29, 0.717) is 6.54 Å².